The molecular formula is C15H18BrFN2O4. The molecule has 2 N–H and O–H groups in total. The van der Waals surface area contributed by atoms with Crippen LogP contribution in [0, 0.1) is 5.82 Å². The van der Waals surface area contributed by atoms with Gasteiger partial charge in [-0.2, -0.15) is 0 Å². The molecule has 1 unspecified atom stereocenters. The van der Waals surface area contributed by atoms with Gasteiger partial charge in [-0.1, -0.05) is 0 Å². The Kier molecular flexibility index (Phi) is 7.67. The lowest BCUT2D eigenvalue weighted by Crippen LogP contribution is -2.40. The van der Waals surface area contributed by atoms with Gasteiger partial charge in [-0.05, 0) is 48.0 Å². The summed E-state index contributed by atoms with van der Waals surface area (Å²) in [5, 5.41) is 4.98. The lowest BCUT2D eigenvalue weighted by molar-refractivity contribution is -0.146. The van der Waals surface area contributed by atoms with Crippen LogP contribution in [-0.4, -0.2) is 37.0 Å². The molecule has 1 rings (SSSR count). The van der Waals surface area contributed by atoms with E-state index in [1.807, 2.05) is 0 Å². The maximum atomic E-state index is 13.1. The maximum Gasteiger partial charge on any atom is 0.328 e. The second kappa shape index (κ2) is 9.24. The predicted molar refractivity (Wildman–Crippen MR) is 85.3 cm³/mol. The molecule has 0 heterocycles. The van der Waals surface area contributed by atoms with Crippen molar-refractivity contribution in [1.82, 2.24) is 10.6 Å². The Balaban J connectivity index is 2.41. The highest BCUT2D eigenvalue weighted by Crippen LogP contribution is 2.17. The number of halogens is 2. The standard InChI is InChI=1S/C15H18BrFN2O4/c1-3-23-15(22)9(2)19-13(20)6-7-18-14(21)11-8-10(17)4-5-12(11)16/h4-5,8-9H,3,6-7H2,1-2H3,(H,18,21)(H,19,20). The molecule has 0 spiro atoms. The van der Waals surface area contributed by atoms with Gasteiger partial charge < -0.3 is 15.4 Å². The molecule has 6 nitrogen and oxygen atoms in total. The molecule has 2 amide bonds. The van der Waals surface area contributed by atoms with Crippen LogP contribution in [0.15, 0.2) is 22.7 Å². The molecule has 0 bridgehead atoms. The quantitative estimate of drug-likeness (QED) is 0.697. The van der Waals surface area contributed by atoms with Gasteiger partial charge in [0.15, 0.2) is 0 Å². The summed E-state index contributed by atoms with van der Waals surface area (Å²) in [5.41, 5.74) is 0.144. The molecule has 0 aliphatic heterocycles. The van der Waals surface area contributed by atoms with Gasteiger partial charge in [0.25, 0.3) is 5.91 Å². The summed E-state index contributed by atoms with van der Waals surface area (Å²) in [7, 11) is 0. The minimum atomic E-state index is -0.754. The lowest BCUT2D eigenvalue weighted by Gasteiger charge is -2.13. The number of hydrogen-bond donors (Lipinski definition) is 2. The van der Waals surface area contributed by atoms with Crippen LogP contribution in [0.2, 0.25) is 0 Å². The Hall–Kier alpha value is -1.96. The fraction of sp³-hybridized carbons (Fsp3) is 0.400. The van der Waals surface area contributed by atoms with Crippen LogP contribution in [0.25, 0.3) is 0 Å². The molecule has 0 saturated heterocycles. The van der Waals surface area contributed by atoms with Crippen molar-refractivity contribution in [3.05, 3.63) is 34.1 Å². The van der Waals surface area contributed by atoms with E-state index >= 15 is 0 Å². The molecule has 0 radical (unpaired) electrons. The molecule has 0 saturated carbocycles. The number of carbonyl (C=O) groups excluding carboxylic acids is 3. The molecule has 1 aromatic carbocycles. The van der Waals surface area contributed by atoms with Gasteiger partial charge in [0, 0.05) is 17.4 Å². The van der Waals surface area contributed by atoms with Crippen LogP contribution < -0.4 is 10.6 Å². The first-order chi connectivity index (χ1) is 10.8. The highest BCUT2D eigenvalue weighted by Gasteiger charge is 2.17. The van der Waals surface area contributed by atoms with Crippen LogP contribution in [0.5, 0.6) is 0 Å². The van der Waals surface area contributed by atoms with E-state index in [9.17, 15) is 18.8 Å². The molecule has 1 aromatic rings. The van der Waals surface area contributed by atoms with Crippen molar-refractivity contribution >= 4 is 33.7 Å². The average Bonchev–Trinajstić information content (AvgIpc) is 2.49. The number of ether oxygens (including phenoxy) is 1. The first-order valence-electron chi connectivity index (χ1n) is 7.04. The summed E-state index contributed by atoms with van der Waals surface area (Å²) in [6, 6.07) is 3.00. The summed E-state index contributed by atoms with van der Waals surface area (Å²) in [4.78, 5) is 34.9. The van der Waals surface area contributed by atoms with E-state index in [1.54, 1.807) is 6.92 Å². The Labute approximate surface area is 141 Å². The summed E-state index contributed by atoms with van der Waals surface area (Å²) in [6.07, 6.45) is -0.0115. The van der Waals surface area contributed by atoms with Gasteiger partial charge in [0.2, 0.25) is 5.91 Å². The number of carbonyl (C=O) groups is 3. The fourth-order valence-corrected chi connectivity index (χ4v) is 2.12. The molecule has 0 aromatic heterocycles. The van der Waals surface area contributed by atoms with Crippen molar-refractivity contribution in [3.63, 3.8) is 0 Å². The second-order valence-electron chi connectivity index (χ2n) is 4.67. The Bertz CT molecular complexity index is 595. The zero-order chi connectivity index (χ0) is 17.4. The number of hydrogen-bond acceptors (Lipinski definition) is 4. The molecule has 0 fully saturated rings. The van der Waals surface area contributed by atoms with Gasteiger partial charge in [0.1, 0.15) is 11.9 Å². The number of amides is 2. The van der Waals surface area contributed by atoms with Gasteiger partial charge in [-0.25, -0.2) is 9.18 Å². The number of benzene rings is 1. The smallest absolute Gasteiger partial charge is 0.328 e. The maximum absolute atomic E-state index is 13.1. The number of nitrogens with one attached hydrogen (secondary N) is 2. The predicted octanol–water partition coefficient (Wildman–Crippen LogP) is 1.78. The summed E-state index contributed by atoms with van der Waals surface area (Å²) in [6.45, 7) is 3.48. The molecule has 126 valence electrons. The SMILES string of the molecule is CCOC(=O)C(C)NC(=O)CCNC(=O)c1cc(F)ccc1Br. The van der Waals surface area contributed by atoms with E-state index in [-0.39, 0.29) is 25.1 Å². The Morgan fingerprint density at radius 1 is 1.35 bits per heavy atom. The van der Waals surface area contributed by atoms with E-state index in [0.29, 0.717) is 4.47 Å². The minimum absolute atomic E-state index is 0.0115. The van der Waals surface area contributed by atoms with Crippen LogP contribution in [0.3, 0.4) is 0 Å². The molecule has 1 atom stereocenters. The first kappa shape index (κ1) is 19.1. The molecule has 0 aliphatic rings. The minimum Gasteiger partial charge on any atom is -0.464 e. The molecule has 0 aliphatic carbocycles. The van der Waals surface area contributed by atoms with Crippen molar-refractivity contribution < 1.29 is 23.5 Å². The molecule has 23 heavy (non-hydrogen) atoms. The van der Waals surface area contributed by atoms with E-state index in [4.69, 9.17) is 4.74 Å². The van der Waals surface area contributed by atoms with E-state index in [0.717, 1.165) is 6.07 Å². The molecular weight excluding hydrogens is 371 g/mol. The van der Waals surface area contributed by atoms with Crippen molar-refractivity contribution in [2.24, 2.45) is 0 Å². The van der Waals surface area contributed by atoms with Crippen molar-refractivity contribution in [2.45, 2.75) is 26.3 Å². The second-order valence-corrected chi connectivity index (χ2v) is 5.53. The topological polar surface area (TPSA) is 84.5 Å². The van der Waals surface area contributed by atoms with E-state index in [2.05, 4.69) is 26.6 Å². The van der Waals surface area contributed by atoms with E-state index < -0.39 is 29.6 Å². The van der Waals surface area contributed by atoms with Gasteiger partial charge in [-0.15, -0.1) is 0 Å². The van der Waals surface area contributed by atoms with E-state index in [1.165, 1.54) is 19.1 Å². The lowest BCUT2D eigenvalue weighted by atomic mass is 10.2. The summed E-state index contributed by atoms with van der Waals surface area (Å²) >= 11 is 3.16. The zero-order valence-corrected chi connectivity index (χ0v) is 14.4. The van der Waals surface area contributed by atoms with Crippen LogP contribution in [0.4, 0.5) is 4.39 Å². The van der Waals surface area contributed by atoms with Crippen LogP contribution in [0.1, 0.15) is 30.6 Å². The van der Waals surface area contributed by atoms with Crippen molar-refractivity contribution in [1.29, 1.82) is 0 Å². The third-order valence-electron chi connectivity index (χ3n) is 2.83. The first-order valence-corrected chi connectivity index (χ1v) is 7.83. The van der Waals surface area contributed by atoms with Gasteiger partial charge >= 0.3 is 5.97 Å². The Morgan fingerprint density at radius 3 is 2.70 bits per heavy atom. The van der Waals surface area contributed by atoms with Crippen molar-refractivity contribution in [3.8, 4) is 0 Å². The average molecular weight is 389 g/mol. The highest BCUT2D eigenvalue weighted by molar-refractivity contribution is 9.10. The Morgan fingerprint density at radius 2 is 2.04 bits per heavy atom. The third-order valence-corrected chi connectivity index (χ3v) is 3.52. The largest absolute Gasteiger partial charge is 0.464 e. The molecule has 8 heteroatoms. The number of rotatable bonds is 7. The highest BCUT2D eigenvalue weighted by atomic mass is 79.9. The van der Waals surface area contributed by atoms with Crippen LogP contribution >= 0.6 is 15.9 Å². The monoisotopic (exact) mass is 388 g/mol. The fourth-order valence-electron chi connectivity index (χ4n) is 1.70. The van der Waals surface area contributed by atoms with Crippen LogP contribution in [-0.2, 0) is 14.3 Å². The van der Waals surface area contributed by atoms with Gasteiger partial charge in [-0.3, -0.25) is 9.59 Å². The summed E-state index contributed by atoms with van der Waals surface area (Å²) in [5.74, 6) is -1.94. The normalized spacial score (nSPS) is 11.5. The third kappa shape index (κ3) is 6.35. The van der Waals surface area contributed by atoms with Crippen molar-refractivity contribution in [2.75, 3.05) is 13.2 Å². The summed E-state index contributed by atoms with van der Waals surface area (Å²) < 4.78 is 18.4. The zero-order valence-electron chi connectivity index (χ0n) is 12.8. The van der Waals surface area contributed by atoms with Gasteiger partial charge in [0.05, 0.1) is 12.2 Å². The number of esters is 1.